The van der Waals surface area contributed by atoms with Crippen molar-refractivity contribution in [2.45, 2.75) is 13.8 Å². The first-order chi connectivity index (χ1) is 5.68. The lowest BCUT2D eigenvalue weighted by Gasteiger charge is -1.94. The number of rotatable bonds is 0. The number of hydrogen-bond donors (Lipinski definition) is 0. The third-order valence-corrected chi connectivity index (χ3v) is 1.96. The van der Waals surface area contributed by atoms with E-state index in [1.54, 1.807) is 13.2 Å². The Morgan fingerprint density at radius 3 is 2.83 bits per heavy atom. The monoisotopic (exact) mass is 182 g/mol. The molecule has 0 saturated carbocycles. The van der Waals surface area contributed by atoms with Crippen LogP contribution in [0.15, 0.2) is 10.7 Å². The molecule has 0 atom stereocenters. The summed E-state index contributed by atoms with van der Waals surface area (Å²) in [6.07, 6.45) is 1.63. The molecule has 3 nitrogen and oxygen atoms in total. The van der Waals surface area contributed by atoms with Crippen LogP contribution in [0.5, 0.6) is 0 Å². The Labute approximate surface area is 74.4 Å². The summed E-state index contributed by atoms with van der Waals surface area (Å²) >= 11 is 5.90. The zero-order chi connectivity index (χ0) is 8.72. The minimum atomic E-state index is 0.462. The van der Waals surface area contributed by atoms with Crippen molar-refractivity contribution >= 4 is 22.7 Å². The smallest absolute Gasteiger partial charge is 0.230 e. The molecule has 62 valence electrons. The third kappa shape index (κ3) is 0.975. The van der Waals surface area contributed by atoms with Gasteiger partial charge in [0, 0.05) is 0 Å². The van der Waals surface area contributed by atoms with Crippen molar-refractivity contribution in [3.8, 4) is 0 Å². The Bertz CT molecular complexity index is 436. The van der Waals surface area contributed by atoms with Gasteiger partial charge < -0.3 is 4.42 Å². The van der Waals surface area contributed by atoms with Crippen LogP contribution >= 0.6 is 11.6 Å². The first-order valence-corrected chi connectivity index (χ1v) is 3.94. The molecule has 2 aromatic heterocycles. The maximum Gasteiger partial charge on any atom is 0.230 e. The molecule has 2 heterocycles. The lowest BCUT2D eigenvalue weighted by molar-refractivity contribution is 0.598. The lowest BCUT2D eigenvalue weighted by atomic mass is 10.3. The molecular weight excluding hydrogens is 176 g/mol. The van der Waals surface area contributed by atoms with Gasteiger partial charge in [-0.25, -0.2) is 4.98 Å². The number of aromatic nitrogens is 2. The molecular formula is C8H7ClN2O. The van der Waals surface area contributed by atoms with Crippen LogP contribution < -0.4 is 0 Å². The SMILES string of the molecule is Cc1nc(Cl)c2c(C)coc2n1. The average molecular weight is 183 g/mol. The van der Waals surface area contributed by atoms with E-state index < -0.39 is 0 Å². The highest BCUT2D eigenvalue weighted by molar-refractivity contribution is 6.34. The predicted octanol–water partition coefficient (Wildman–Crippen LogP) is 2.49. The quantitative estimate of drug-likeness (QED) is 0.588. The van der Waals surface area contributed by atoms with Crippen LogP contribution in [0.25, 0.3) is 11.1 Å². The van der Waals surface area contributed by atoms with E-state index in [9.17, 15) is 0 Å². The molecule has 0 fully saturated rings. The summed E-state index contributed by atoms with van der Waals surface area (Å²) in [6.45, 7) is 3.69. The first-order valence-electron chi connectivity index (χ1n) is 3.56. The highest BCUT2D eigenvalue weighted by Crippen LogP contribution is 2.24. The number of halogens is 1. The fourth-order valence-electron chi connectivity index (χ4n) is 1.13. The summed E-state index contributed by atoms with van der Waals surface area (Å²) in [5.41, 5.74) is 1.53. The molecule has 4 heteroatoms. The fraction of sp³-hybridized carbons (Fsp3) is 0.250. The molecule has 12 heavy (non-hydrogen) atoms. The van der Waals surface area contributed by atoms with Gasteiger partial charge in [-0.1, -0.05) is 11.6 Å². The van der Waals surface area contributed by atoms with Crippen molar-refractivity contribution < 1.29 is 4.42 Å². The summed E-state index contributed by atoms with van der Waals surface area (Å²) in [5, 5.41) is 1.27. The molecule has 0 amide bonds. The van der Waals surface area contributed by atoms with E-state index in [1.165, 1.54) is 0 Å². The second kappa shape index (κ2) is 2.45. The average Bonchev–Trinajstić information content (AvgIpc) is 2.31. The van der Waals surface area contributed by atoms with Gasteiger partial charge in [-0.15, -0.1) is 0 Å². The van der Waals surface area contributed by atoms with Crippen LogP contribution in [0.1, 0.15) is 11.4 Å². The van der Waals surface area contributed by atoms with Crippen LogP contribution in [0.2, 0.25) is 5.15 Å². The van der Waals surface area contributed by atoms with E-state index in [4.69, 9.17) is 16.0 Å². The summed E-state index contributed by atoms with van der Waals surface area (Å²) in [7, 11) is 0. The summed E-state index contributed by atoms with van der Waals surface area (Å²) < 4.78 is 5.17. The number of nitrogens with zero attached hydrogens (tertiary/aromatic N) is 2. The molecule has 0 spiro atoms. The van der Waals surface area contributed by atoms with E-state index in [-0.39, 0.29) is 0 Å². The molecule has 0 aliphatic rings. The molecule has 0 unspecified atom stereocenters. The second-order valence-electron chi connectivity index (χ2n) is 2.66. The summed E-state index contributed by atoms with van der Waals surface area (Å²) in [4.78, 5) is 8.12. The molecule has 0 N–H and O–H groups in total. The Balaban J connectivity index is 2.93. The highest BCUT2D eigenvalue weighted by Gasteiger charge is 2.09. The topological polar surface area (TPSA) is 38.9 Å². The molecule has 2 rings (SSSR count). The van der Waals surface area contributed by atoms with Crippen molar-refractivity contribution in [3.05, 3.63) is 22.8 Å². The second-order valence-corrected chi connectivity index (χ2v) is 3.02. The number of hydrogen-bond acceptors (Lipinski definition) is 3. The Morgan fingerprint density at radius 1 is 1.33 bits per heavy atom. The van der Waals surface area contributed by atoms with E-state index in [0.29, 0.717) is 16.7 Å². The summed E-state index contributed by atoms with van der Waals surface area (Å²) in [6, 6.07) is 0. The summed E-state index contributed by atoms with van der Waals surface area (Å²) in [5.74, 6) is 0.627. The standard InChI is InChI=1S/C8H7ClN2O/c1-4-3-12-8-6(4)7(9)10-5(2)11-8/h3H,1-2H3. The molecule has 0 aromatic carbocycles. The van der Waals surface area contributed by atoms with Gasteiger partial charge in [0.2, 0.25) is 5.71 Å². The van der Waals surface area contributed by atoms with Gasteiger partial charge in [-0.3, -0.25) is 0 Å². The fourth-order valence-corrected chi connectivity index (χ4v) is 1.49. The van der Waals surface area contributed by atoms with Gasteiger partial charge in [-0.2, -0.15) is 4.98 Å². The normalized spacial score (nSPS) is 10.9. The van der Waals surface area contributed by atoms with Gasteiger partial charge in [0.15, 0.2) is 0 Å². The minimum absolute atomic E-state index is 0.462. The van der Waals surface area contributed by atoms with Crippen LogP contribution in [0.4, 0.5) is 0 Å². The van der Waals surface area contributed by atoms with Crippen molar-refractivity contribution in [2.75, 3.05) is 0 Å². The van der Waals surface area contributed by atoms with E-state index in [0.717, 1.165) is 10.9 Å². The van der Waals surface area contributed by atoms with Crippen molar-refractivity contribution in [3.63, 3.8) is 0 Å². The molecule has 2 aromatic rings. The van der Waals surface area contributed by atoms with Crippen molar-refractivity contribution in [1.29, 1.82) is 0 Å². The Morgan fingerprint density at radius 2 is 2.08 bits per heavy atom. The van der Waals surface area contributed by atoms with E-state index >= 15 is 0 Å². The molecule has 0 aliphatic heterocycles. The van der Waals surface area contributed by atoms with Crippen LogP contribution in [0.3, 0.4) is 0 Å². The first kappa shape index (κ1) is 7.55. The number of furan rings is 1. The lowest BCUT2D eigenvalue weighted by Crippen LogP contribution is -1.87. The van der Waals surface area contributed by atoms with Gasteiger partial charge in [0.1, 0.15) is 11.0 Å². The van der Waals surface area contributed by atoms with Crippen LogP contribution in [-0.4, -0.2) is 9.97 Å². The zero-order valence-corrected chi connectivity index (χ0v) is 7.51. The molecule has 0 aliphatic carbocycles. The highest BCUT2D eigenvalue weighted by atomic mass is 35.5. The number of fused-ring (bicyclic) bond motifs is 1. The van der Waals surface area contributed by atoms with Gasteiger partial charge >= 0.3 is 0 Å². The maximum atomic E-state index is 5.90. The predicted molar refractivity (Wildman–Crippen MR) is 46.3 cm³/mol. The number of aryl methyl sites for hydroxylation is 2. The molecule has 0 radical (unpaired) electrons. The van der Waals surface area contributed by atoms with Gasteiger partial charge in [0.25, 0.3) is 0 Å². The largest absolute Gasteiger partial charge is 0.446 e. The van der Waals surface area contributed by atoms with Gasteiger partial charge in [0.05, 0.1) is 11.6 Å². The Kier molecular flexibility index (Phi) is 1.54. The van der Waals surface area contributed by atoms with Crippen LogP contribution in [-0.2, 0) is 0 Å². The maximum absolute atomic E-state index is 5.90. The zero-order valence-electron chi connectivity index (χ0n) is 6.76. The van der Waals surface area contributed by atoms with E-state index in [1.807, 2.05) is 6.92 Å². The molecule has 0 bridgehead atoms. The Hall–Kier alpha value is -1.09. The van der Waals surface area contributed by atoms with Gasteiger partial charge in [-0.05, 0) is 19.4 Å². The van der Waals surface area contributed by atoms with E-state index in [2.05, 4.69) is 9.97 Å². The van der Waals surface area contributed by atoms with Crippen molar-refractivity contribution in [1.82, 2.24) is 9.97 Å². The minimum Gasteiger partial charge on any atom is -0.446 e. The van der Waals surface area contributed by atoms with Crippen LogP contribution in [0, 0.1) is 13.8 Å². The third-order valence-electron chi connectivity index (χ3n) is 1.69. The van der Waals surface area contributed by atoms with Crippen molar-refractivity contribution in [2.24, 2.45) is 0 Å². The molecule has 0 saturated heterocycles.